The van der Waals surface area contributed by atoms with Crippen molar-refractivity contribution in [2.45, 2.75) is 13.8 Å². The Labute approximate surface area is 130 Å². The lowest BCUT2D eigenvalue weighted by atomic mass is 10.0. The molecule has 0 aromatic heterocycles. The Kier molecular flexibility index (Phi) is 6.14. The van der Waals surface area contributed by atoms with Crippen molar-refractivity contribution in [2.24, 2.45) is 0 Å². The molecule has 0 aliphatic carbocycles. The molecule has 1 aromatic carbocycles. The van der Waals surface area contributed by atoms with Gasteiger partial charge in [-0.3, -0.25) is 0 Å². The highest BCUT2D eigenvalue weighted by atomic mass is 16.4. The number of phenols is 1. The van der Waals surface area contributed by atoms with E-state index < -0.39 is 5.97 Å². The molecule has 3 heteroatoms. The van der Waals surface area contributed by atoms with Crippen LogP contribution in [0.1, 0.15) is 30.5 Å². The summed E-state index contributed by atoms with van der Waals surface area (Å²) in [7, 11) is 0. The second kappa shape index (κ2) is 7.84. The van der Waals surface area contributed by atoms with E-state index in [-0.39, 0.29) is 5.75 Å². The van der Waals surface area contributed by atoms with Gasteiger partial charge in [-0.1, -0.05) is 48.6 Å². The third-order valence-electron chi connectivity index (χ3n) is 2.70. The van der Waals surface area contributed by atoms with Gasteiger partial charge in [0.25, 0.3) is 0 Å². The number of rotatable bonds is 6. The lowest BCUT2D eigenvalue weighted by molar-refractivity contribution is -0.131. The number of carbonyl (C=O) groups is 1. The molecule has 0 aliphatic heterocycles. The number of phenolic OH excluding ortho intramolecular Hbond substituents is 1. The Morgan fingerprint density at radius 2 is 1.41 bits per heavy atom. The molecule has 0 saturated heterocycles. The molecule has 0 amide bonds. The van der Waals surface area contributed by atoms with E-state index in [0.717, 1.165) is 17.2 Å². The van der Waals surface area contributed by atoms with E-state index in [2.05, 4.69) is 13.2 Å². The molecule has 114 valence electrons. The first-order valence-electron chi connectivity index (χ1n) is 6.75. The van der Waals surface area contributed by atoms with Crippen molar-refractivity contribution >= 4 is 24.2 Å². The first kappa shape index (κ1) is 17.2. The van der Waals surface area contributed by atoms with E-state index in [4.69, 9.17) is 5.11 Å². The van der Waals surface area contributed by atoms with Crippen LogP contribution in [-0.2, 0) is 4.79 Å². The quantitative estimate of drug-likeness (QED) is 0.592. The SMILES string of the molecule is C=C(C)C=Cc1cc(C=CC(=O)O)cc(C=CC(=C)C)c1O. The fourth-order valence-electron chi connectivity index (χ4n) is 1.69. The van der Waals surface area contributed by atoms with Gasteiger partial charge in [0.2, 0.25) is 0 Å². The largest absolute Gasteiger partial charge is 0.507 e. The van der Waals surface area contributed by atoms with E-state index in [1.165, 1.54) is 6.08 Å². The Morgan fingerprint density at radius 3 is 1.77 bits per heavy atom. The monoisotopic (exact) mass is 296 g/mol. The van der Waals surface area contributed by atoms with Crippen LogP contribution in [0, 0.1) is 0 Å². The summed E-state index contributed by atoms with van der Waals surface area (Å²) in [6.07, 6.45) is 9.60. The molecule has 1 rings (SSSR count). The predicted molar refractivity (Wildman–Crippen MR) is 92.5 cm³/mol. The van der Waals surface area contributed by atoms with Gasteiger partial charge in [-0.05, 0) is 37.6 Å². The summed E-state index contributed by atoms with van der Waals surface area (Å²) in [6, 6.07) is 3.43. The number of benzene rings is 1. The lowest BCUT2D eigenvalue weighted by Crippen LogP contribution is -1.88. The highest BCUT2D eigenvalue weighted by Gasteiger charge is 2.05. The Balaban J connectivity index is 3.38. The maximum absolute atomic E-state index is 10.7. The van der Waals surface area contributed by atoms with Gasteiger partial charge in [0, 0.05) is 17.2 Å². The smallest absolute Gasteiger partial charge is 0.328 e. The van der Waals surface area contributed by atoms with Crippen molar-refractivity contribution < 1.29 is 15.0 Å². The van der Waals surface area contributed by atoms with Crippen LogP contribution in [0.5, 0.6) is 5.75 Å². The number of aliphatic carboxylic acids is 1. The van der Waals surface area contributed by atoms with Crippen molar-refractivity contribution in [3.63, 3.8) is 0 Å². The number of carboxylic acids is 1. The van der Waals surface area contributed by atoms with Crippen molar-refractivity contribution in [1.82, 2.24) is 0 Å². The zero-order valence-corrected chi connectivity index (χ0v) is 12.8. The van der Waals surface area contributed by atoms with Crippen LogP contribution in [-0.4, -0.2) is 16.2 Å². The third kappa shape index (κ3) is 5.67. The zero-order chi connectivity index (χ0) is 16.7. The summed E-state index contributed by atoms with van der Waals surface area (Å²) in [4.78, 5) is 10.7. The summed E-state index contributed by atoms with van der Waals surface area (Å²) >= 11 is 0. The first-order valence-corrected chi connectivity index (χ1v) is 6.75. The lowest BCUT2D eigenvalue weighted by Gasteiger charge is -2.07. The molecule has 3 nitrogen and oxygen atoms in total. The topological polar surface area (TPSA) is 57.5 Å². The highest BCUT2D eigenvalue weighted by molar-refractivity contribution is 5.86. The number of hydrogen-bond donors (Lipinski definition) is 2. The fraction of sp³-hybridized carbons (Fsp3) is 0.105. The van der Waals surface area contributed by atoms with Gasteiger partial charge in [0.15, 0.2) is 0 Å². The van der Waals surface area contributed by atoms with Crippen LogP contribution >= 0.6 is 0 Å². The summed E-state index contributed by atoms with van der Waals surface area (Å²) in [5.74, 6) is -0.895. The number of hydrogen-bond acceptors (Lipinski definition) is 2. The minimum Gasteiger partial charge on any atom is -0.507 e. The third-order valence-corrected chi connectivity index (χ3v) is 2.70. The molecular formula is C19H20O3. The van der Waals surface area contributed by atoms with Crippen LogP contribution in [0.2, 0.25) is 0 Å². The van der Waals surface area contributed by atoms with Crippen LogP contribution in [0.4, 0.5) is 0 Å². The molecule has 2 N–H and O–H groups in total. The second-order valence-corrected chi connectivity index (χ2v) is 5.08. The van der Waals surface area contributed by atoms with Gasteiger partial charge in [0.05, 0.1) is 0 Å². The van der Waals surface area contributed by atoms with E-state index in [1.54, 1.807) is 36.4 Å². The minimum absolute atomic E-state index is 0.127. The Bertz CT molecular complexity index is 644. The van der Waals surface area contributed by atoms with E-state index in [9.17, 15) is 9.90 Å². The van der Waals surface area contributed by atoms with E-state index >= 15 is 0 Å². The first-order chi connectivity index (χ1) is 10.3. The molecule has 0 aliphatic rings. The molecule has 0 unspecified atom stereocenters. The maximum Gasteiger partial charge on any atom is 0.328 e. The van der Waals surface area contributed by atoms with Gasteiger partial charge < -0.3 is 10.2 Å². The van der Waals surface area contributed by atoms with Gasteiger partial charge in [-0.2, -0.15) is 0 Å². The van der Waals surface area contributed by atoms with Gasteiger partial charge in [-0.25, -0.2) is 4.79 Å². The molecule has 0 saturated carbocycles. The molecule has 0 heterocycles. The van der Waals surface area contributed by atoms with E-state index in [0.29, 0.717) is 16.7 Å². The van der Waals surface area contributed by atoms with Gasteiger partial charge in [-0.15, -0.1) is 0 Å². The molecule has 0 radical (unpaired) electrons. The summed E-state index contributed by atoms with van der Waals surface area (Å²) < 4.78 is 0. The molecule has 0 fully saturated rings. The number of carboxylic acid groups (broad SMARTS) is 1. The van der Waals surface area contributed by atoms with Crippen LogP contribution in [0.25, 0.3) is 18.2 Å². The average molecular weight is 296 g/mol. The number of aromatic hydroxyl groups is 1. The van der Waals surface area contributed by atoms with Crippen LogP contribution in [0.3, 0.4) is 0 Å². The van der Waals surface area contributed by atoms with Crippen molar-refractivity contribution in [3.05, 3.63) is 71.4 Å². The molecule has 0 atom stereocenters. The second-order valence-electron chi connectivity index (χ2n) is 5.08. The van der Waals surface area contributed by atoms with Gasteiger partial charge in [0.1, 0.15) is 5.75 Å². The standard InChI is InChI=1S/C19H20O3/c1-13(2)5-8-16-11-15(7-10-18(20)21)12-17(19(16)22)9-6-14(3)4/h5-12,22H,1,3H2,2,4H3,(H,20,21). The Morgan fingerprint density at radius 1 is 0.955 bits per heavy atom. The maximum atomic E-state index is 10.7. The molecule has 0 bridgehead atoms. The normalized spacial score (nSPS) is 11.5. The predicted octanol–water partition coefficient (Wildman–Crippen LogP) is 4.67. The van der Waals surface area contributed by atoms with Crippen molar-refractivity contribution in [2.75, 3.05) is 0 Å². The summed E-state index contributed by atoms with van der Waals surface area (Å²) in [5, 5.41) is 19.0. The zero-order valence-electron chi connectivity index (χ0n) is 12.8. The van der Waals surface area contributed by atoms with Crippen molar-refractivity contribution in [3.8, 4) is 5.75 Å². The molecule has 1 aromatic rings. The number of allylic oxidation sites excluding steroid dienone is 4. The van der Waals surface area contributed by atoms with Crippen LogP contribution in [0.15, 0.2) is 54.7 Å². The van der Waals surface area contributed by atoms with E-state index in [1.807, 2.05) is 13.8 Å². The van der Waals surface area contributed by atoms with Crippen LogP contribution < -0.4 is 0 Å². The van der Waals surface area contributed by atoms with Gasteiger partial charge >= 0.3 is 5.97 Å². The fourth-order valence-corrected chi connectivity index (χ4v) is 1.69. The summed E-state index contributed by atoms with van der Waals surface area (Å²) in [6.45, 7) is 11.3. The average Bonchev–Trinajstić information content (AvgIpc) is 2.42. The van der Waals surface area contributed by atoms with Crippen molar-refractivity contribution in [1.29, 1.82) is 0 Å². The Hall–Kier alpha value is -2.81. The molecule has 0 spiro atoms. The highest BCUT2D eigenvalue weighted by Crippen LogP contribution is 2.28. The summed E-state index contributed by atoms with van der Waals surface area (Å²) in [5.41, 5.74) is 3.58. The molecular weight excluding hydrogens is 276 g/mol. The molecule has 22 heavy (non-hydrogen) atoms. The minimum atomic E-state index is -1.02.